The molecule has 0 amide bonds. The molecule has 0 fully saturated rings. The van der Waals surface area contributed by atoms with E-state index in [2.05, 4.69) is 26.6 Å². The van der Waals surface area contributed by atoms with Crippen LogP contribution in [-0.4, -0.2) is 15.2 Å². The predicted molar refractivity (Wildman–Crippen MR) is 90.1 cm³/mol. The first-order valence-corrected chi connectivity index (χ1v) is 7.77. The van der Waals surface area contributed by atoms with Crippen molar-refractivity contribution in [2.45, 2.75) is 19.3 Å². The van der Waals surface area contributed by atoms with Crippen LogP contribution >= 0.6 is 23.2 Å². The van der Waals surface area contributed by atoms with Crippen molar-refractivity contribution in [2.75, 3.05) is 11.1 Å². The molecule has 5 nitrogen and oxygen atoms in total. The lowest BCUT2D eigenvalue weighted by Gasteiger charge is -2.13. The molecular weight excluding hydrogens is 321 g/mol. The molecule has 4 rings (SSSR count). The lowest BCUT2D eigenvalue weighted by molar-refractivity contribution is 0.912. The van der Waals surface area contributed by atoms with Crippen LogP contribution in [0.25, 0.3) is 11.0 Å². The second-order valence-electron chi connectivity index (χ2n) is 5.34. The van der Waals surface area contributed by atoms with Gasteiger partial charge in [-0.1, -0.05) is 35.3 Å². The van der Waals surface area contributed by atoms with Crippen LogP contribution in [0.2, 0.25) is 10.0 Å². The number of aromatic amines is 1. The number of nitrogens with two attached hydrogens (primary N) is 1. The zero-order valence-electron chi connectivity index (χ0n) is 11.6. The fourth-order valence-electron chi connectivity index (χ4n) is 2.97. The van der Waals surface area contributed by atoms with Gasteiger partial charge in [-0.25, -0.2) is 4.98 Å². The molecule has 0 radical (unpaired) electrons. The maximum atomic E-state index is 6.35. The van der Waals surface area contributed by atoms with Crippen molar-refractivity contribution in [3.8, 4) is 0 Å². The summed E-state index contributed by atoms with van der Waals surface area (Å²) in [5.41, 5.74) is 10.0. The number of halogens is 2. The van der Waals surface area contributed by atoms with Gasteiger partial charge in [0.15, 0.2) is 17.3 Å². The minimum absolute atomic E-state index is 0.293. The van der Waals surface area contributed by atoms with Gasteiger partial charge in [-0.3, -0.25) is 5.10 Å². The molecule has 0 spiro atoms. The summed E-state index contributed by atoms with van der Waals surface area (Å²) in [6.45, 7) is 0. The lowest BCUT2D eigenvalue weighted by Crippen LogP contribution is -1.99. The monoisotopic (exact) mass is 333 g/mol. The van der Waals surface area contributed by atoms with E-state index >= 15 is 0 Å². The Bertz CT molecular complexity index is 887. The van der Waals surface area contributed by atoms with E-state index < -0.39 is 0 Å². The van der Waals surface area contributed by atoms with E-state index in [1.54, 1.807) is 0 Å². The third-order valence-electron chi connectivity index (χ3n) is 4.02. The van der Waals surface area contributed by atoms with E-state index in [1.165, 1.54) is 17.5 Å². The van der Waals surface area contributed by atoms with Crippen molar-refractivity contribution >= 4 is 51.6 Å². The van der Waals surface area contributed by atoms with E-state index in [0.29, 0.717) is 32.7 Å². The minimum atomic E-state index is 0.293. The topological polar surface area (TPSA) is 79.6 Å². The van der Waals surface area contributed by atoms with Crippen LogP contribution < -0.4 is 11.1 Å². The number of aromatic nitrogens is 3. The van der Waals surface area contributed by atoms with Crippen LogP contribution in [0, 0.1) is 0 Å². The van der Waals surface area contributed by atoms with E-state index in [1.807, 2.05) is 12.1 Å². The summed E-state index contributed by atoms with van der Waals surface area (Å²) in [5.74, 6) is 0.796. The summed E-state index contributed by atoms with van der Waals surface area (Å²) < 4.78 is 0. The standard InChI is InChI=1S/C15H13Cl2N5/c16-11-10-13(18)21-22-14(10)20-15(12(11)17)19-9-6-2-4-7-3-1-5-8(7)9/h2,4,6H,1,3,5H2,(H4,18,19,20,21,22). The SMILES string of the molecule is Nc1n[nH]c2nc(Nc3cccc4c3CCC4)c(Cl)c(Cl)c12. The van der Waals surface area contributed by atoms with Gasteiger partial charge in [-0.05, 0) is 36.5 Å². The summed E-state index contributed by atoms with van der Waals surface area (Å²) in [5, 5.41) is 11.2. The third-order valence-corrected chi connectivity index (χ3v) is 4.86. The van der Waals surface area contributed by atoms with Crippen molar-refractivity contribution in [1.29, 1.82) is 0 Å². The van der Waals surface area contributed by atoms with Gasteiger partial charge in [0.1, 0.15) is 5.02 Å². The van der Waals surface area contributed by atoms with Crippen LogP contribution in [0.15, 0.2) is 18.2 Å². The van der Waals surface area contributed by atoms with Gasteiger partial charge in [0.2, 0.25) is 0 Å². The third kappa shape index (κ3) is 2.01. The molecule has 0 bridgehead atoms. The minimum Gasteiger partial charge on any atom is -0.382 e. The van der Waals surface area contributed by atoms with E-state index in [0.717, 1.165) is 18.5 Å². The maximum absolute atomic E-state index is 6.35. The molecular formula is C15H13Cl2N5. The number of nitrogen functional groups attached to an aromatic ring is 1. The Kier molecular flexibility index (Phi) is 3.13. The van der Waals surface area contributed by atoms with Crippen molar-refractivity contribution in [3.05, 3.63) is 39.4 Å². The number of aryl methyl sites for hydroxylation is 1. The van der Waals surface area contributed by atoms with E-state index in [9.17, 15) is 0 Å². The summed E-state index contributed by atoms with van der Waals surface area (Å²) >= 11 is 12.7. The number of benzene rings is 1. The molecule has 1 aliphatic rings. The molecule has 2 heterocycles. The van der Waals surface area contributed by atoms with E-state index in [4.69, 9.17) is 28.9 Å². The molecule has 0 unspecified atom stereocenters. The van der Waals surface area contributed by atoms with Crippen molar-refractivity contribution in [1.82, 2.24) is 15.2 Å². The summed E-state index contributed by atoms with van der Waals surface area (Å²) in [6.07, 6.45) is 3.35. The number of rotatable bonds is 2. The Morgan fingerprint density at radius 2 is 2.05 bits per heavy atom. The Labute approximate surface area is 136 Å². The number of pyridine rings is 1. The number of nitrogens with one attached hydrogen (secondary N) is 2. The summed E-state index contributed by atoms with van der Waals surface area (Å²) in [4.78, 5) is 4.45. The molecule has 4 N–H and O–H groups in total. The number of anilines is 3. The van der Waals surface area contributed by atoms with Crippen molar-refractivity contribution < 1.29 is 0 Å². The fourth-order valence-corrected chi connectivity index (χ4v) is 3.43. The van der Waals surface area contributed by atoms with Gasteiger partial charge in [-0.15, -0.1) is 0 Å². The first-order chi connectivity index (χ1) is 10.6. The Hall–Kier alpha value is -1.98. The second-order valence-corrected chi connectivity index (χ2v) is 6.10. The largest absolute Gasteiger partial charge is 0.382 e. The second kappa shape index (κ2) is 5.04. The van der Waals surface area contributed by atoms with Crippen LogP contribution in [0.4, 0.5) is 17.3 Å². The highest BCUT2D eigenvalue weighted by Crippen LogP contribution is 2.39. The molecule has 112 valence electrons. The molecule has 3 aromatic rings. The van der Waals surface area contributed by atoms with Crippen LogP contribution in [0.5, 0.6) is 0 Å². The first-order valence-electron chi connectivity index (χ1n) is 7.01. The molecule has 0 saturated heterocycles. The Balaban J connectivity index is 1.83. The average Bonchev–Trinajstić information content (AvgIpc) is 3.12. The number of fused-ring (bicyclic) bond motifs is 2. The number of H-pyrrole nitrogens is 1. The van der Waals surface area contributed by atoms with Crippen LogP contribution in [0.1, 0.15) is 17.5 Å². The molecule has 0 aliphatic heterocycles. The maximum Gasteiger partial charge on any atom is 0.161 e. The number of nitrogens with zero attached hydrogens (tertiary/aromatic N) is 2. The highest BCUT2D eigenvalue weighted by Gasteiger charge is 2.19. The van der Waals surface area contributed by atoms with Gasteiger partial charge >= 0.3 is 0 Å². The smallest absolute Gasteiger partial charge is 0.161 e. The van der Waals surface area contributed by atoms with E-state index in [-0.39, 0.29) is 0 Å². The van der Waals surface area contributed by atoms with Gasteiger partial charge < -0.3 is 11.1 Å². The zero-order chi connectivity index (χ0) is 15.3. The molecule has 1 aliphatic carbocycles. The summed E-state index contributed by atoms with van der Waals surface area (Å²) in [7, 11) is 0. The fraction of sp³-hybridized carbons (Fsp3) is 0.200. The highest BCUT2D eigenvalue weighted by atomic mass is 35.5. The van der Waals surface area contributed by atoms with Gasteiger partial charge in [0.05, 0.1) is 10.4 Å². The molecule has 2 aromatic heterocycles. The van der Waals surface area contributed by atoms with Gasteiger partial charge in [0.25, 0.3) is 0 Å². The average molecular weight is 334 g/mol. The molecule has 7 heteroatoms. The summed E-state index contributed by atoms with van der Waals surface area (Å²) in [6, 6.07) is 6.23. The number of hydrogen-bond acceptors (Lipinski definition) is 4. The van der Waals surface area contributed by atoms with Crippen molar-refractivity contribution in [2.24, 2.45) is 0 Å². The quantitative estimate of drug-likeness (QED) is 0.660. The highest BCUT2D eigenvalue weighted by molar-refractivity contribution is 6.47. The molecule has 22 heavy (non-hydrogen) atoms. The molecule has 0 atom stereocenters. The number of hydrogen-bond donors (Lipinski definition) is 3. The Morgan fingerprint density at radius 1 is 1.18 bits per heavy atom. The molecule has 1 aromatic carbocycles. The first kappa shape index (κ1) is 13.7. The van der Waals surface area contributed by atoms with Crippen LogP contribution in [-0.2, 0) is 12.8 Å². The van der Waals surface area contributed by atoms with Crippen molar-refractivity contribution in [3.63, 3.8) is 0 Å². The normalized spacial score (nSPS) is 13.5. The zero-order valence-corrected chi connectivity index (χ0v) is 13.1. The van der Waals surface area contributed by atoms with Gasteiger partial charge in [-0.2, -0.15) is 5.10 Å². The van der Waals surface area contributed by atoms with Gasteiger partial charge in [0, 0.05) is 5.69 Å². The lowest BCUT2D eigenvalue weighted by atomic mass is 10.1. The predicted octanol–water partition coefficient (Wildman–Crippen LogP) is 4.08. The Morgan fingerprint density at radius 3 is 2.91 bits per heavy atom. The molecule has 0 saturated carbocycles. The van der Waals surface area contributed by atoms with Crippen LogP contribution in [0.3, 0.4) is 0 Å².